The molecule has 0 unspecified atom stereocenters. The number of benzene rings is 1. The number of carbonyl (C=O) groups is 1. The van der Waals surface area contributed by atoms with Crippen LogP contribution < -0.4 is 5.46 Å². The van der Waals surface area contributed by atoms with Crippen molar-refractivity contribution in [3.05, 3.63) is 29.8 Å². The standard InChI is InChI=1S/C9H9BF3O/c1-7(14)6-8-2-4-9(5-3-8)10(11,12)13/h2-5H,6H2,1H3/q-1. The van der Waals surface area contributed by atoms with Crippen molar-refractivity contribution in [3.8, 4) is 0 Å². The summed E-state index contributed by atoms with van der Waals surface area (Å²) in [5.74, 6) is -0.0599. The summed E-state index contributed by atoms with van der Waals surface area (Å²) in [5.41, 5.74) is -0.0152. The molecule has 0 radical (unpaired) electrons. The van der Waals surface area contributed by atoms with E-state index >= 15 is 0 Å². The monoisotopic (exact) mass is 201 g/mol. The predicted molar refractivity (Wildman–Crippen MR) is 49.5 cm³/mol. The molecular weight excluding hydrogens is 192 g/mol. The summed E-state index contributed by atoms with van der Waals surface area (Å²) >= 11 is 0. The second kappa shape index (κ2) is 3.86. The Bertz CT molecular complexity index is 329. The summed E-state index contributed by atoms with van der Waals surface area (Å²) in [6.45, 7) is -3.52. The van der Waals surface area contributed by atoms with Crippen molar-refractivity contribution in [3.63, 3.8) is 0 Å². The molecule has 1 rings (SSSR count). The lowest BCUT2D eigenvalue weighted by Gasteiger charge is -2.14. The predicted octanol–water partition coefficient (Wildman–Crippen LogP) is 1.87. The normalized spacial score (nSPS) is 11.4. The highest BCUT2D eigenvalue weighted by Gasteiger charge is 2.24. The largest absolute Gasteiger partial charge is 0.509 e. The lowest BCUT2D eigenvalue weighted by molar-refractivity contribution is -0.116. The SMILES string of the molecule is CC(=O)Cc1ccc([B-](F)(F)F)cc1. The number of Topliss-reactive ketones (excluding diaryl/α,β-unsaturated/α-hetero) is 1. The lowest BCUT2D eigenvalue weighted by atomic mass is 9.80. The molecule has 1 aromatic rings. The molecule has 1 nitrogen and oxygen atoms in total. The fourth-order valence-electron chi connectivity index (χ4n) is 1.14. The van der Waals surface area contributed by atoms with Gasteiger partial charge in [0, 0.05) is 6.42 Å². The van der Waals surface area contributed by atoms with Crippen LogP contribution in [-0.2, 0) is 11.2 Å². The van der Waals surface area contributed by atoms with Gasteiger partial charge in [-0.25, -0.2) is 0 Å². The Morgan fingerprint density at radius 1 is 1.21 bits per heavy atom. The third kappa shape index (κ3) is 2.90. The Hall–Kier alpha value is -1.26. The maximum absolute atomic E-state index is 12.2. The van der Waals surface area contributed by atoms with Crippen LogP contribution in [0.3, 0.4) is 0 Å². The summed E-state index contributed by atoms with van der Waals surface area (Å²) in [5, 5.41) is 0. The Kier molecular flexibility index (Phi) is 2.98. The quantitative estimate of drug-likeness (QED) is 0.682. The highest BCUT2D eigenvalue weighted by atomic mass is 19.4. The van der Waals surface area contributed by atoms with Crippen LogP contribution in [0, 0.1) is 0 Å². The van der Waals surface area contributed by atoms with Crippen LogP contribution in [0.15, 0.2) is 24.3 Å². The van der Waals surface area contributed by atoms with E-state index in [1.54, 1.807) is 0 Å². The minimum atomic E-state index is -4.93. The number of ketones is 1. The fourth-order valence-corrected chi connectivity index (χ4v) is 1.14. The summed E-state index contributed by atoms with van der Waals surface area (Å²) in [4.78, 5) is 10.7. The molecule has 5 heteroatoms. The number of rotatable bonds is 3. The van der Waals surface area contributed by atoms with E-state index in [1.807, 2.05) is 0 Å². The van der Waals surface area contributed by atoms with Crippen molar-refractivity contribution in [1.29, 1.82) is 0 Å². The summed E-state index contributed by atoms with van der Waals surface area (Å²) in [6, 6.07) is 4.70. The Morgan fingerprint density at radius 3 is 2.07 bits per heavy atom. The number of hydrogen-bond acceptors (Lipinski definition) is 1. The van der Waals surface area contributed by atoms with Gasteiger partial charge in [-0.1, -0.05) is 24.3 Å². The molecule has 0 fully saturated rings. The van der Waals surface area contributed by atoms with E-state index in [9.17, 15) is 17.7 Å². The van der Waals surface area contributed by atoms with Crippen LogP contribution in [-0.4, -0.2) is 12.8 Å². The molecule has 0 bridgehead atoms. The van der Waals surface area contributed by atoms with Crippen LogP contribution in [0.4, 0.5) is 12.9 Å². The van der Waals surface area contributed by atoms with Crippen molar-refractivity contribution in [2.75, 3.05) is 0 Å². The second-order valence-corrected chi connectivity index (χ2v) is 3.20. The maximum Gasteiger partial charge on any atom is 0.509 e. The van der Waals surface area contributed by atoms with E-state index in [1.165, 1.54) is 19.1 Å². The lowest BCUT2D eigenvalue weighted by Crippen LogP contribution is -2.33. The van der Waals surface area contributed by atoms with E-state index in [2.05, 4.69) is 0 Å². The number of carbonyl (C=O) groups excluding carboxylic acids is 1. The molecule has 0 spiro atoms. The zero-order chi connectivity index (χ0) is 10.8. The van der Waals surface area contributed by atoms with Gasteiger partial charge in [-0.05, 0) is 12.5 Å². The van der Waals surface area contributed by atoms with E-state index in [0.717, 1.165) is 12.1 Å². The third-order valence-electron chi connectivity index (χ3n) is 1.81. The van der Waals surface area contributed by atoms with Crippen molar-refractivity contribution in [2.45, 2.75) is 13.3 Å². The molecule has 0 saturated carbocycles. The summed E-state index contributed by atoms with van der Waals surface area (Å²) in [6.07, 6.45) is 0.186. The van der Waals surface area contributed by atoms with Gasteiger partial charge in [0.25, 0.3) is 0 Å². The average molecular weight is 201 g/mol. The van der Waals surface area contributed by atoms with Gasteiger partial charge in [0.2, 0.25) is 0 Å². The first-order valence-electron chi connectivity index (χ1n) is 4.18. The first-order valence-corrected chi connectivity index (χ1v) is 4.18. The van der Waals surface area contributed by atoms with Gasteiger partial charge in [-0.15, -0.1) is 5.46 Å². The molecule has 0 aliphatic heterocycles. The Balaban J connectivity index is 2.84. The molecule has 0 aromatic heterocycles. The summed E-state index contributed by atoms with van der Waals surface area (Å²) in [7, 11) is 0. The molecule has 1 aromatic carbocycles. The molecule has 0 aliphatic rings. The highest BCUT2D eigenvalue weighted by molar-refractivity contribution is 6.73. The van der Waals surface area contributed by atoms with Crippen molar-refractivity contribution < 1.29 is 17.7 Å². The van der Waals surface area contributed by atoms with E-state index in [4.69, 9.17) is 0 Å². The molecule has 76 valence electrons. The molecular formula is C9H9BF3O-. The van der Waals surface area contributed by atoms with Crippen LogP contribution in [0.25, 0.3) is 0 Å². The fraction of sp³-hybridized carbons (Fsp3) is 0.222. The van der Waals surface area contributed by atoms with E-state index in [0.29, 0.717) is 5.56 Å². The molecule has 0 amide bonds. The van der Waals surface area contributed by atoms with Crippen molar-refractivity contribution in [1.82, 2.24) is 0 Å². The Labute approximate surface area is 80.0 Å². The van der Waals surface area contributed by atoms with Gasteiger partial charge in [0.1, 0.15) is 5.78 Å². The Morgan fingerprint density at radius 2 is 1.71 bits per heavy atom. The van der Waals surface area contributed by atoms with Gasteiger partial charge in [0.05, 0.1) is 0 Å². The molecule has 14 heavy (non-hydrogen) atoms. The average Bonchev–Trinajstić information content (AvgIpc) is 2.02. The molecule has 0 atom stereocenters. The molecule has 0 aliphatic carbocycles. The molecule has 0 saturated heterocycles. The number of hydrogen-bond donors (Lipinski definition) is 0. The maximum atomic E-state index is 12.2. The smallest absolute Gasteiger partial charge is 0.445 e. The van der Waals surface area contributed by atoms with E-state index in [-0.39, 0.29) is 12.2 Å². The highest BCUT2D eigenvalue weighted by Crippen LogP contribution is 2.09. The van der Waals surface area contributed by atoms with Crippen LogP contribution in [0.5, 0.6) is 0 Å². The number of halogens is 3. The minimum absolute atomic E-state index is 0.0599. The second-order valence-electron chi connectivity index (χ2n) is 3.20. The zero-order valence-corrected chi connectivity index (χ0v) is 7.64. The zero-order valence-electron chi connectivity index (χ0n) is 7.64. The topological polar surface area (TPSA) is 17.1 Å². The first-order chi connectivity index (χ1) is 6.39. The molecule has 0 N–H and O–H groups in total. The van der Waals surface area contributed by atoms with Gasteiger partial charge >= 0.3 is 6.98 Å². The van der Waals surface area contributed by atoms with Gasteiger partial charge in [-0.3, -0.25) is 4.79 Å². The van der Waals surface area contributed by atoms with E-state index < -0.39 is 12.4 Å². The first kappa shape index (κ1) is 10.8. The van der Waals surface area contributed by atoms with Gasteiger partial charge in [0.15, 0.2) is 0 Å². The van der Waals surface area contributed by atoms with Gasteiger partial charge < -0.3 is 12.9 Å². The van der Waals surface area contributed by atoms with Crippen LogP contribution in [0.1, 0.15) is 12.5 Å². The van der Waals surface area contributed by atoms with Crippen molar-refractivity contribution in [2.24, 2.45) is 0 Å². The third-order valence-corrected chi connectivity index (χ3v) is 1.81. The summed E-state index contributed by atoms with van der Waals surface area (Å²) < 4.78 is 36.5. The molecule has 0 heterocycles. The minimum Gasteiger partial charge on any atom is -0.445 e. The van der Waals surface area contributed by atoms with Crippen LogP contribution >= 0.6 is 0 Å². The van der Waals surface area contributed by atoms with Crippen LogP contribution in [0.2, 0.25) is 0 Å². The van der Waals surface area contributed by atoms with Gasteiger partial charge in [-0.2, -0.15) is 0 Å². The van der Waals surface area contributed by atoms with Crippen molar-refractivity contribution >= 4 is 18.2 Å².